The fourth-order valence-electron chi connectivity index (χ4n) is 6.23. The molecule has 3 heterocycles. The van der Waals surface area contributed by atoms with Crippen LogP contribution in [-0.2, 0) is 21.4 Å². The summed E-state index contributed by atoms with van der Waals surface area (Å²) in [5.74, 6) is 0.0799. The lowest BCUT2D eigenvalue weighted by Gasteiger charge is -2.38. The van der Waals surface area contributed by atoms with Crippen LogP contribution in [0.25, 0.3) is 0 Å². The Hall–Kier alpha value is -3.39. The van der Waals surface area contributed by atoms with Crippen LogP contribution in [0, 0.1) is 0 Å². The number of urea groups is 1. The van der Waals surface area contributed by atoms with E-state index < -0.39 is 11.5 Å². The second-order valence-electron chi connectivity index (χ2n) is 11.6. The molecule has 2 atom stereocenters. The van der Waals surface area contributed by atoms with Crippen LogP contribution in [-0.4, -0.2) is 67.0 Å². The lowest BCUT2D eigenvalue weighted by atomic mass is 9.86. The second kappa shape index (κ2) is 11.8. The number of rotatable bonds is 8. The molecule has 2 saturated heterocycles. The van der Waals surface area contributed by atoms with Crippen LogP contribution < -0.4 is 20.9 Å². The first-order valence-electron chi connectivity index (χ1n) is 14.4. The molecule has 8 heteroatoms. The molecule has 8 nitrogen and oxygen atoms in total. The summed E-state index contributed by atoms with van der Waals surface area (Å²) in [6.07, 6.45) is 4.83. The molecule has 3 aliphatic rings. The molecule has 0 aromatic heterocycles. The maximum atomic E-state index is 13.7. The fraction of sp³-hybridized carbons (Fsp3) is 0.516. The third-order valence-corrected chi connectivity index (χ3v) is 8.57. The van der Waals surface area contributed by atoms with E-state index >= 15 is 0 Å². The number of likely N-dealkylation sites (tertiary alicyclic amines) is 1. The monoisotopic (exact) mass is 531 g/mol. The third kappa shape index (κ3) is 5.96. The molecule has 0 radical (unpaired) electrons. The van der Waals surface area contributed by atoms with Gasteiger partial charge in [0.2, 0.25) is 11.8 Å². The van der Waals surface area contributed by atoms with Gasteiger partial charge in [-0.2, -0.15) is 0 Å². The van der Waals surface area contributed by atoms with E-state index in [2.05, 4.69) is 16.0 Å². The van der Waals surface area contributed by atoms with Crippen molar-refractivity contribution in [2.45, 2.75) is 75.9 Å². The Morgan fingerprint density at radius 2 is 1.74 bits per heavy atom. The Balaban J connectivity index is 1.22. The highest BCUT2D eigenvalue weighted by Gasteiger charge is 2.46. The average molecular weight is 532 g/mol. The molecule has 2 aromatic carbocycles. The fourth-order valence-corrected chi connectivity index (χ4v) is 6.23. The largest absolute Gasteiger partial charge is 0.341 e. The van der Waals surface area contributed by atoms with Crippen molar-refractivity contribution in [1.29, 1.82) is 0 Å². The smallest absolute Gasteiger partial charge is 0.315 e. The van der Waals surface area contributed by atoms with E-state index in [0.29, 0.717) is 45.3 Å². The van der Waals surface area contributed by atoms with Gasteiger partial charge in [0.1, 0.15) is 6.04 Å². The highest BCUT2D eigenvalue weighted by atomic mass is 16.2. The Labute approximate surface area is 231 Å². The predicted octanol–water partition coefficient (Wildman–Crippen LogP) is 3.35. The Morgan fingerprint density at radius 1 is 1.03 bits per heavy atom. The number of amides is 4. The number of anilines is 1. The summed E-state index contributed by atoms with van der Waals surface area (Å²) in [4.78, 5) is 43.7. The summed E-state index contributed by atoms with van der Waals surface area (Å²) >= 11 is 0. The number of aryl methyl sites for hydroxylation is 1. The van der Waals surface area contributed by atoms with Gasteiger partial charge < -0.3 is 25.8 Å². The van der Waals surface area contributed by atoms with Crippen LogP contribution in [0.1, 0.15) is 57.1 Å². The highest BCUT2D eigenvalue weighted by molar-refractivity contribution is 6.08. The van der Waals surface area contributed by atoms with Gasteiger partial charge in [-0.25, -0.2) is 4.79 Å². The molecule has 208 valence electrons. The van der Waals surface area contributed by atoms with E-state index in [0.717, 1.165) is 36.2 Å². The quantitative estimate of drug-likeness (QED) is 0.487. The molecular formula is C31H41N5O3. The summed E-state index contributed by atoms with van der Waals surface area (Å²) in [5, 5.41) is 9.30. The molecule has 2 aromatic rings. The average Bonchev–Trinajstić information content (AvgIpc) is 3.55. The van der Waals surface area contributed by atoms with Crippen molar-refractivity contribution in [3.05, 3.63) is 65.7 Å². The first-order chi connectivity index (χ1) is 18.8. The summed E-state index contributed by atoms with van der Waals surface area (Å²) < 4.78 is 0. The normalized spacial score (nSPS) is 21.5. The van der Waals surface area contributed by atoms with Gasteiger partial charge in [-0.1, -0.05) is 48.5 Å². The van der Waals surface area contributed by atoms with Gasteiger partial charge in [0.05, 0.1) is 5.41 Å². The van der Waals surface area contributed by atoms with E-state index in [9.17, 15) is 14.4 Å². The van der Waals surface area contributed by atoms with Crippen molar-refractivity contribution < 1.29 is 14.4 Å². The van der Waals surface area contributed by atoms with Crippen LogP contribution in [0.5, 0.6) is 0 Å². The van der Waals surface area contributed by atoms with Crippen LogP contribution in [0.4, 0.5) is 10.5 Å². The van der Waals surface area contributed by atoms with Gasteiger partial charge in [-0.15, -0.1) is 0 Å². The van der Waals surface area contributed by atoms with Crippen molar-refractivity contribution in [3.8, 4) is 0 Å². The zero-order valence-corrected chi connectivity index (χ0v) is 23.1. The molecule has 3 aliphatic heterocycles. The molecule has 5 rings (SSSR count). The van der Waals surface area contributed by atoms with Crippen LogP contribution in [0.3, 0.4) is 0 Å². The number of hydrogen-bond donors (Lipinski definition) is 3. The van der Waals surface area contributed by atoms with E-state index in [4.69, 9.17) is 0 Å². The Bertz CT molecular complexity index is 1170. The van der Waals surface area contributed by atoms with Crippen LogP contribution in [0.2, 0.25) is 0 Å². The van der Waals surface area contributed by atoms with Crippen molar-refractivity contribution in [2.24, 2.45) is 0 Å². The van der Waals surface area contributed by atoms with Gasteiger partial charge in [0.15, 0.2) is 0 Å². The topological polar surface area (TPSA) is 93.8 Å². The number of nitrogens with zero attached hydrogens (tertiary/aromatic N) is 2. The molecule has 2 unspecified atom stereocenters. The van der Waals surface area contributed by atoms with Crippen molar-refractivity contribution in [2.75, 3.05) is 31.1 Å². The number of nitrogens with one attached hydrogen (secondary N) is 3. The zero-order chi connectivity index (χ0) is 27.4. The summed E-state index contributed by atoms with van der Waals surface area (Å²) in [6.45, 7) is 6.64. The standard InChI is InChI=1S/C31H41N5O3/c1-31(2)25-12-6-7-13-27(25)36(29(31)38)24-16-19-35(20-17-24)28(37)26(15-14-22-9-4-3-5-10-22)34-30(39)33-21-23-11-8-18-32-23/h3-7,9-10,12-13,23-24,26,32H,8,11,14-21H2,1-2H3,(H2,33,34,39). The first kappa shape index (κ1) is 27.2. The first-order valence-corrected chi connectivity index (χ1v) is 14.4. The predicted molar refractivity (Wildman–Crippen MR) is 153 cm³/mol. The SMILES string of the molecule is CC1(C)C(=O)N(C2CCN(C(=O)C(CCc3ccccc3)NC(=O)NCC3CCCN3)CC2)c2ccccc21. The number of piperidine rings is 1. The zero-order valence-electron chi connectivity index (χ0n) is 23.1. The number of carbonyl (C=O) groups is 3. The third-order valence-electron chi connectivity index (χ3n) is 8.57. The molecular weight excluding hydrogens is 490 g/mol. The maximum Gasteiger partial charge on any atom is 0.315 e. The summed E-state index contributed by atoms with van der Waals surface area (Å²) in [7, 11) is 0. The minimum atomic E-state index is -0.605. The lowest BCUT2D eigenvalue weighted by molar-refractivity contribution is -0.134. The Morgan fingerprint density at radius 3 is 2.46 bits per heavy atom. The van der Waals surface area contributed by atoms with Gasteiger partial charge in [0, 0.05) is 37.4 Å². The molecule has 0 spiro atoms. The molecule has 4 amide bonds. The minimum absolute atomic E-state index is 0.0491. The van der Waals surface area contributed by atoms with E-state index in [1.807, 2.05) is 78.2 Å². The molecule has 2 fully saturated rings. The van der Waals surface area contributed by atoms with Gasteiger partial charge >= 0.3 is 6.03 Å². The van der Waals surface area contributed by atoms with Crippen molar-refractivity contribution in [3.63, 3.8) is 0 Å². The van der Waals surface area contributed by atoms with Gasteiger partial charge in [-0.3, -0.25) is 9.59 Å². The number of para-hydroxylation sites is 1. The molecule has 3 N–H and O–H groups in total. The summed E-state index contributed by atoms with van der Waals surface area (Å²) in [5.41, 5.74) is 2.66. The van der Waals surface area contributed by atoms with Crippen molar-refractivity contribution >= 4 is 23.5 Å². The minimum Gasteiger partial charge on any atom is -0.341 e. The number of benzene rings is 2. The van der Waals surface area contributed by atoms with Gasteiger partial charge in [-0.05, 0) is 76.1 Å². The van der Waals surface area contributed by atoms with E-state index in [1.165, 1.54) is 0 Å². The second-order valence-corrected chi connectivity index (χ2v) is 11.6. The molecule has 0 aliphatic carbocycles. The Kier molecular flexibility index (Phi) is 8.21. The summed E-state index contributed by atoms with van der Waals surface area (Å²) in [6, 6.07) is 17.5. The lowest BCUT2D eigenvalue weighted by Crippen LogP contribution is -2.56. The number of fused-ring (bicyclic) bond motifs is 1. The van der Waals surface area contributed by atoms with Crippen molar-refractivity contribution in [1.82, 2.24) is 20.9 Å². The molecule has 0 saturated carbocycles. The number of carbonyl (C=O) groups excluding carboxylic acids is 3. The van der Waals surface area contributed by atoms with Gasteiger partial charge in [0.25, 0.3) is 0 Å². The van der Waals surface area contributed by atoms with E-state index in [-0.39, 0.29) is 29.9 Å². The van der Waals surface area contributed by atoms with Crippen LogP contribution in [0.15, 0.2) is 54.6 Å². The highest BCUT2D eigenvalue weighted by Crippen LogP contribution is 2.43. The molecule has 39 heavy (non-hydrogen) atoms. The van der Waals surface area contributed by atoms with E-state index in [1.54, 1.807) is 0 Å². The maximum absolute atomic E-state index is 13.7. The number of hydrogen-bond acceptors (Lipinski definition) is 4. The molecule has 0 bridgehead atoms. The van der Waals surface area contributed by atoms with Crippen LogP contribution >= 0.6 is 0 Å².